The van der Waals surface area contributed by atoms with Gasteiger partial charge in [0.2, 0.25) is 23.6 Å². The van der Waals surface area contributed by atoms with E-state index in [1.54, 1.807) is 46.0 Å². The van der Waals surface area contributed by atoms with Crippen LogP contribution in [0.5, 0.6) is 0 Å². The fraction of sp³-hybridized carbons (Fsp3) is 0.481. The smallest absolute Gasteiger partial charge is 0.391 e. The molecule has 5 aromatic carbocycles. The molecule has 2 unspecified atom stereocenters. The zero-order chi connectivity index (χ0) is 76.1. The highest BCUT2D eigenvalue weighted by Gasteiger charge is 2.49. The molecule has 4 aliphatic rings. The Hall–Kier alpha value is -7.44. The first-order valence-electron chi connectivity index (χ1n) is 36.2. The maximum atomic E-state index is 15.1. The van der Waals surface area contributed by atoms with Crippen LogP contribution in [0.15, 0.2) is 141 Å². The number of hydrogen-bond acceptors (Lipinski definition) is 17. The van der Waals surface area contributed by atoms with Crippen LogP contribution >= 0.6 is 34.7 Å². The van der Waals surface area contributed by atoms with Crippen LogP contribution in [0.25, 0.3) is 16.0 Å². The lowest BCUT2D eigenvalue weighted by Crippen LogP contribution is -2.57. The van der Waals surface area contributed by atoms with Gasteiger partial charge < -0.3 is 35.8 Å². The van der Waals surface area contributed by atoms with Crippen molar-refractivity contribution in [2.24, 2.45) is 5.41 Å². The first kappa shape index (κ1) is 81.1. The van der Waals surface area contributed by atoms with Gasteiger partial charge in [0.1, 0.15) is 22.8 Å². The first-order chi connectivity index (χ1) is 50.4. The van der Waals surface area contributed by atoms with Crippen molar-refractivity contribution in [1.29, 1.82) is 0 Å². The van der Waals surface area contributed by atoms with Crippen LogP contribution in [0.3, 0.4) is 0 Å². The number of halogens is 5. The van der Waals surface area contributed by atoms with Crippen LogP contribution in [0, 0.1) is 18.2 Å². The number of nitrogens with one attached hydrogen (secondary N) is 4. The van der Waals surface area contributed by atoms with E-state index in [2.05, 4.69) is 35.6 Å². The molecule has 10 rings (SSSR count). The SMILES string of the molecule is Cc1ncsc1-c1ccc([C@H](C)NC(=O)[C@@H]2C[C@@H](O)CN2C(=O)C(NC(=O)CCCCCCC(=O)N2CCN(CCC(CSc3ccccc3)Nc3ccc(S(=O)(=O)NC(=O)c4ccc(N5CCN(CC6=C(c7ccc(Cl)cc7F)CCCCC6)CC5)cc4)cc3S(=O)(=O)C(F)(F)F)CC2)C(C)(C)C)cc1. The average Bonchev–Trinajstić information content (AvgIpc) is 0.958. The summed E-state index contributed by atoms with van der Waals surface area (Å²) in [5.41, 5.74) is 1.12. The second kappa shape index (κ2) is 36.2. The van der Waals surface area contributed by atoms with Crippen LogP contribution in [0.4, 0.5) is 28.9 Å². The van der Waals surface area contributed by atoms with E-state index >= 15 is 4.39 Å². The maximum Gasteiger partial charge on any atom is 0.501 e. The highest BCUT2D eigenvalue weighted by Crippen LogP contribution is 2.39. The third kappa shape index (κ3) is 21.3. The predicted molar refractivity (Wildman–Crippen MR) is 407 cm³/mol. The van der Waals surface area contributed by atoms with Gasteiger partial charge in [0.25, 0.3) is 25.8 Å². The van der Waals surface area contributed by atoms with E-state index in [-0.39, 0.29) is 54.8 Å². The predicted octanol–water partition coefficient (Wildman–Crippen LogP) is 12.7. The molecule has 4 heterocycles. The van der Waals surface area contributed by atoms with Crippen molar-refractivity contribution in [3.63, 3.8) is 0 Å². The number of unbranched alkanes of at least 4 members (excludes halogenated alkanes) is 3. The number of nitrogens with zero attached hydrogens (tertiary/aromatic N) is 6. The van der Waals surface area contributed by atoms with E-state index in [0.717, 1.165) is 82.1 Å². The number of allylic oxidation sites excluding steroid dienone is 1. The molecule has 20 nitrogen and oxygen atoms in total. The van der Waals surface area contributed by atoms with Gasteiger partial charge in [-0.2, -0.15) is 13.2 Å². The lowest BCUT2D eigenvalue weighted by atomic mass is 9.85. The summed E-state index contributed by atoms with van der Waals surface area (Å²) >= 11 is 9.02. The number of alkyl halides is 3. The van der Waals surface area contributed by atoms with Crippen molar-refractivity contribution < 1.29 is 63.5 Å². The van der Waals surface area contributed by atoms with Gasteiger partial charge in [-0.15, -0.1) is 23.1 Å². The van der Waals surface area contributed by atoms with E-state index in [0.29, 0.717) is 114 Å². The number of sulfonamides is 1. The van der Waals surface area contributed by atoms with Crippen molar-refractivity contribution >= 4 is 101 Å². The van der Waals surface area contributed by atoms with Crippen LogP contribution in [-0.4, -0.2) is 184 Å². The molecule has 1 aromatic heterocycles. The molecular weight excluding hydrogens is 1460 g/mol. The number of β-amino-alcohol motifs (C(OH)–C–C–N with tert-alkyl or cyclic N) is 1. The lowest BCUT2D eigenvalue weighted by molar-refractivity contribution is -0.144. The summed E-state index contributed by atoms with van der Waals surface area (Å²) in [6.07, 6.45) is 6.99. The fourth-order valence-electron chi connectivity index (χ4n) is 14.0. The molecule has 5 atom stereocenters. The first-order valence-corrected chi connectivity index (χ1v) is 41.4. The van der Waals surface area contributed by atoms with Gasteiger partial charge in [-0.05, 0) is 148 Å². The second-order valence-corrected chi connectivity index (χ2v) is 34.9. The second-order valence-electron chi connectivity index (χ2n) is 28.9. The lowest BCUT2D eigenvalue weighted by Gasteiger charge is -2.37. The highest BCUT2D eigenvalue weighted by molar-refractivity contribution is 7.99. The molecule has 3 fully saturated rings. The number of amides is 5. The molecular formula is C77H95ClF4N10O10S4. The molecule has 6 aromatic rings. The fourth-order valence-corrected chi connectivity index (χ4v) is 18.0. The van der Waals surface area contributed by atoms with Crippen molar-refractivity contribution in [2.75, 3.05) is 88.0 Å². The molecule has 0 saturated carbocycles. The number of hydrogen-bond donors (Lipinski definition) is 5. The van der Waals surface area contributed by atoms with Gasteiger partial charge in [-0.3, -0.25) is 33.8 Å². The molecule has 3 saturated heterocycles. The number of sulfone groups is 1. The Kier molecular flexibility index (Phi) is 27.7. The summed E-state index contributed by atoms with van der Waals surface area (Å²) in [6.45, 7) is 14.8. The van der Waals surface area contributed by atoms with Crippen molar-refractivity contribution in [2.45, 2.75) is 169 Å². The van der Waals surface area contributed by atoms with Crippen LogP contribution in [0.1, 0.15) is 144 Å². The van der Waals surface area contributed by atoms with Crippen LogP contribution in [0.2, 0.25) is 5.02 Å². The Labute approximate surface area is 632 Å². The van der Waals surface area contributed by atoms with Gasteiger partial charge >= 0.3 is 5.51 Å². The molecule has 29 heteroatoms. The topological polar surface area (TPSA) is 251 Å². The third-order valence-corrected chi connectivity index (χ3v) is 25.4. The van der Waals surface area contributed by atoms with Gasteiger partial charge in [-0.25, -0.2) is 30.9 Å². The molecule has 572 valence electrons. The number of thioether (sulfide) groups is 1. The summed E-state index contributed by atoms with van der Waals surface area (Å²) < 4.78 is 115. The average molecular weight is 1560 g/mol. The Morgan fingerprint density at radius 1 is 0.774 bits per heavy atom. The summed E-state index contributed by atoms with van der Waals surface area (Å²) in [5.74, 6) is -2.38. The van der Waals surface area contributed by atoms with Crippen molar-refractivity contribution in [3.8, 4) is 10.4 Å². The normalized spacial score (nSPS) is 18.2. The van der Waals surface area contributed by atoms with Gasteiger partial charge in [0, 0.05) is 130 Å². The van der Waals surface area contributed by atoms with Gasteiger partial charge in [-0.1, -0.05) is 106 Å². The number of piperazine rings is 2. The maximum absolute atomic E-state index is 15.1. The number of anilines is 2. The molecule has 1 aliphatic carbocycles. The third-order valence-electron chi connectivity index (χ3n) is 20.1. The summed E-state index contributed by atoms with van der Waals surface area (Å²) in [7, 11) is -11.2. The Bertz CT molecular complexity index is 4320. The van der Waals surface area contributed by atoms with E-state index in [1.165, 1.54) is 40.4 Å². The number of likely N-dealkylation sites (tertiary alicyclic amines) is 1. The number of aliphatic hydroxyl groups is 1. The number of aromatic nitrogens is 1. The van der Waals surface area contributed by atoms with E-state index in [9.17, 15) is 59.1 Å². The molecule has 0 radical (unpaired) electrons. The Balaban J connectivity index is 0.679. The summed E-state index contributed by atoms with van der Waals surface area (Å²) in [6, 6.07) is 27.4. The minimum atomic E-state index is -6.19. The quantitative estimate of drug-likeness (QED) is 0.0166. The number of rotatable bonds is 29. The molecule has 0 bridgehead atoms. The zero-order valence-electron chi connectivity index (χ0n) is 60.4. The molecule has 0 spiro atoms. The Morgan fingerprint density at radius 2 is 1.45 bits per heavy atom. The Morgan fingerprint density at radius 3 is 2.11 bits per heavy atom. The molecule has 5 N–H and O–H groups in total. The van der Waals surface area contributed by atoms with Crippen LogP contribution < -0.4 is 25.6 Å². The summed E-state index contributed by atoms with van der Waals surface area (Å²) in [5, 5.41) is 20.1. The van der Waals surface area contributed by atoms with E-state index in [4.69, 9.17) is 11.6 Å². The minimum absolute atomic E-state index is 0.0305. The zero-order valence-corrected chi connectivity index (χ0v) is 64.5. The molecule has 106 heavy (non-hydrogen) atoms. The number of carbonyl (C=O) groups is 5. The number of aliphatic hydroxyl groups excluding tert-OH is 1. The van der Waals surface area contributed by atoms with E-state index in [1.807, 2.05) is 93.9 Å². The highest BCUT2D eigenvalue weighted by atomic mass is 35.5. The number of aryl methyl sites for hydroxylation is 1. The number of benzene rings is 5. The monoisotopic (exact) mass is 1560 g/mol. The molecule has 5 amide bonds. The standard InChI is InChI=1S/C77H95ClF4N10O10S4/c1-51(53-22-24-54(25-23-53)71-52(2)83-50-104-71)84-74(97)67-45-60(93)48-92(67)75(98)72(76(3,4)5)86-69(94)20-14-6-7-15-21-70(95)91-42-36-88(37-43-91)35-34-58(49-103-61-17-11-9-12-18-61)85-66-33-31-62(46-68(66)105(99,100)77(80,81)82)106(101,102)87-73(96)55-26-29-59(30-27-55)90-40-38-89(39-41-90)47-56-16-10-8-13-19-63(56)64-32-28-57(78)44-65(64)79/h9,11-12,17-18,22-33,44,46,50-51,58,60,67,72,85,93H,6-8,10,13-16,19-21,34-43,45,47-49H2,1-5H3,(H,84,97)(H,86,94)(H,87,96)/t51-,58?,60+,67-,72?/m0/s1. The van der Waals surface area contributed by atoms with Gasteiger partial charge in [0.05, 0.1) is 38.8 Å². The summed E-state index contributed by atoms with van der Waals surface area (Å²) in [4.78, 5) is 82.3. The van der Waals surface area contributed by atoms with Crippen molar-refractivity contribution in [1.82, 2.24) is 39.9 Å². The van der Waals surface area contributed by atoms with Crippen molar-refractivity contribution in [3.05, 3.63) is 160 Å². The number of thiazole rings is 1. The largest absolute Gasteiger partial charge is 0.501 e. The molecule has 3 aliphatic heterocycles. The van der Waals surface area contributed by atoms with E-state index < -0.39 is 94.3 Å². The minimum Gasteiger partial charge on any atom is -0.391 e. The van der Waals surface area contributed by atoms with Gasteiger partial charge in [0.15, 0.2) is 0 Å². The number of carbonyl (C=O) groups excluding carboxylic acids is 5. The van der Waals surface area contributed by atoms with Crippen LogP contribution in [-0.2, 0) is 39.0 Å².